The average molecular weight is 279 g/mol. The van der Waals surface area contributed by atoms with Gasteiger partial charge in [0.2, 0.25) is 5.91 Å². The second-order valence-electron chi connectivity index (χ2n) is 4.71. The normalized spacial score (nSPS) is 11.2. The Kier molecular flexibility index (Phi) is 4.94. The van der Waals surface area contributed by atoms with E-state index in [1.807, 2.05) is 43.3 Å². The summed E-state index contributed by atoms with van der Waals surface area (Å²) in [5, 5.41) is 14.9. The van der Waals surface area contributed by atoms with Crippen LogP contribution >= 0.6 is 0 Å². The SMILES string of the molecule is CC(NC(=O)CNc1ccccc1C#N)c1ccccc1. The van der Waals surface area contributed by atoms with Gasteiger partial charge >= 0.3 is 0 Å². The highest BCUT2D eigenvalue weighted by atomic mass is 16.1. The summed E-state index contributed by atoms with van der Waals surface area (Å²) in [4.78, 5) is 11.9. The Morgan fingerprint density at radius 3 is 2.52 bits per heavy atom. The second kappa shape index (κ2) is 7.11. The van der Waals surface area contributed by atoms with Crippen LogP contribution in [0.4, 0.5) is 5.69 Å². The summed E-state index contributed by atoms with van der Waals surface area (Å²) in [6.07, 6.45) is 0. The summed E-state index contributed by atoms with van der Waals surface area (Å²) in [6.45, 7) is 2.08. The van der Waals surface area contributed by atoms with Crippen molar-refractivity contribution < 1.29 is 4.79 Å². The van der Waals surface area contributed by atoms with Crippen LogP contribution in [0.5, 0.6) is 0 Å². The Morgan fingerprint density at radius 2 is 1.81 bits per heavy atom. The maximum absolute atomic E-state index is 11.9. The molecule has 2 N–H and O–H groups in total. The first-order chi connectivity index (χ1) is 10.2. The number of hydrogen-bond acceptors (Lipinski definition) is 3. The van der Waals surface area contributed by atoms with Crippen LogP contribution in [0.25, 0.3) is 0 Å². The maximum atomic E-state index is 11.9. The molecule has 0 saturated carbocycles. The van der Waals surface area contributed by atoms with Gasteiger partial charge in [-0.1, -0.05) is 42.5 Å². The van der Waals surface area contributed by atoms with Crippen molar-refractivity contribution in [1.82, 2.24) is 5.32 Å². The van der Waals surface area contributed by atoms with Gasteiger partial charge in [-0.15, -0.1) is 0 Å². The second-order valence-corrected chi connectivity index (χ2v) is 4.71. The molecule has 0 spiro atoms. The summed E-state index contributed by atoms with van der Waals surface area (Å²) < 4.78 is 0. The Morgan fingerprint density at radius 1 is 1.14 bits per heavy atom. The number of carbonyl (C=O) groups is 1. The molecule has 0 aromatic heterocycles. The number of anilines is 1. The number of amides is 1. The minimum atomic E-state index is -0.112. The molecule has 0 aliphatic heterocycles. The lowest BCUT2D eigenvalue weighted by atomic mass is 10.1. The van der Waals surface area contributed by atoms with Crippen molar-refractivity contribution in [3.63, 3.8) is 0 Å². The standard InChI is InChI=1S/C17H17N3O/c1-13(14-7-3-2-4-8-14)20-17(21)12-19-16-10-6-5-9-15(16)11-18/h2-10,13,19H,12H2,1H3,(H,20,21). The molecular formula is C17H17N3O. The average Bonchev–Trinajstić information content (AvgIpc) is 2.54. The van der Waals surface area contributed by atoms with Crippen molar-refractivity contribution in [2.24, 2.45) is 0 Å². The zero-order valence-corrected chi connectivity index (χ0v) is 11.8. The monoisotopic (exact) mass is 279 g/mol. The van der Waals surface area contributed by atoms with Crippen molar-refractivity contribution in [2.75, 3.05) is 11.9 Å². The molecule has 1 unspecified atom stereocenters. The van der Waals surface area contributed by atoms with Crippen molar-refractivity contribution in [3.05, 3.63) is 65.7 Å². The van der Waals surface area contributed by atoms with Gasteiger partial charge in [-0.05, 0) is 24.6 Å². The molecule has 0 saturated heterocycles. The zero-order valence-electron chi connectivity index (χ0n) is 11.8. The number of benzene rings is 2. The van der Waals surface area contributed by atoms with Gasteiger partial charge in [0.15, 0.2) is 0 Å². The van der Waals surface area contributed by atoms with E-state index in [-0.39, 0.29) is 18.5 Å². The minimum absolute atomic E-state index is 0.0493. The van der Waals surface area contributed by atoms with Crippen molar-refractivity contribution in [1.29, 1.82) is 5.26 Å². The minimum Gasteiger partial charge on any atom is -0.375 e. The molecule has 21 heavy (non-hydrogen) atoms. The first-order valence-electron chi connectivity index (χ1n) is 6.78. The lowest BCUT2D eigenvalue weighted by Crippen LogP contribution is -2.32. The predicted molar refractivity (Wildman–Crippen MR) is 82.6 cm³/mol. The van der Waals surface area contributed by atoms with E-state index in [4.69, 9.17) is 5.26 Å². The summed E-state index contributed by atoms with van der Waals surface area (Å²) in [7, 11) is 0. The van der Waals surface area contributed by atoms with Gasteiger partial charge in [-0.2, -0.15) is 5.26 Å². The third kappa shape index (κ3) is 4.08. The molecule has 0 radical (unpaired) electrons. The molecule has 4 heteroatoms. The van der Waals surface area contributed by atoms with Crippen LogP contribution in [-0.2, 0) is 4.79 Å². The van der Waals surface area contributed by atoms with E-state index in [9.17, 15) is 4.79 Å². The molecule has 2 rings (SSSR count). The smallest absolute Gasteiger partial charge is 0.239 e. The Labute approximate surface area is 124 Å². The first-order valence-corrected chi connectivity index (χ1v) is 6.78. The highest BCUT2D eigenvalue weighted by Crippen LogP contribution is 2.13. The molecule has 0 heterocycles. The number of nitrogens with one attached hydrogen (secondary N) is 2. The molecule has 2 aromatic rings. The Bertz CT molecular complexity index is 647. The summed E-state index contributed by atoms with van der Waals surface area (Å²) in [6, 6.07) is 18.9. The van der Waals surface area contributed by atoms with Gasteiger partial charge in [0.25, 0.3) is 0 Å². The lowest BCUT2D eigenvalue weighted by molar-refractivity contribution is -0.120. The zero-order chi connectivity index (χ0) is 15.1. The van der Waals surface area contributed by atoms with Gasteiger partial charge in [-0.3, -0.25) is 4.79 Å². The fourth-order valence-electron chi connectivity index (χ4n) is 2.03. The third-order valence-electron chi connectivity index (χ3n) is 3.16. The van der Waals surface area contributed by atoms with E-state index >= 15 is 0 Å². The van der Waals surface area contributed by atoms with E-state index in [1.54, 1.807) is 18.2 Å². The maximum Gasteiger partial charge on any atom is 0.239 e. The van der Waals surface area contributed by atoms with Gasteiger partial charge < -0.3 is 10.6 Å². The number of hydrogen-bond donors (Lipinski definition) is 2. The molecule has 4 nitrogen and oxygen atoms in total. The number of nitrogens with zero attached hydrogens (tertiary/aromatic N) is 1. The van der Waals surface area contributed by atoms with Crippen LogP contribution < -0.4 is 10.6 Å². The van der Waals surface area contributed by atoms with Gasteiger partial charge in [0.05, 0.1) is 23.8 Å². The molecule has 0 bridgehead atoms. The summed E-state index contributed by atoms with van der Waals surface area (Å²) in [5.74, 6) is -0.112. The van der Waals surface area contributed by atoms with Crippen LogP contribution in [0.3, 0.4) is 0 Å². The van der Waals surface area contributed by atoms with Crippen LogP contribution in [0.2, 0.25) is 0 Å². The molecule has 106 valence electrons. The highest BCUT2D eigenvalue weighted by Gasteiger charge is 2.09. The largest absolute Gasteiger partial charge is 0.375 e. The van der Waals surface area contributed by atoms with E-state index in [1.165, 1.54) is 0 Å². The van der Waals surface area contributed by atoms with Crippen molar-refractivity contribution in [2.45, 2.75) is 13.0 Å². The molecule has 1 amide bonds. The molecule has 0 aliphatic rings. The van der Waals surface area contributed by atoms with E-state index in [2.05, 4.69) is 16.7 Å². The van der Waals surface area contributed by atoms with Gasteiger partial charge in [0.1, 0.15) is 6.07 Å². The quantitative estimate of drug-likeness (QED) is 0.884. The molecular weight excluding hydrogens is 262 g/mol. The predicted octanol–water partition coefficient (Wildman–Crippen LogP) is 2.85. The fourth-order valence-corrected chi connectivity index (χ4v) is 2.03. The molecule has 0 aliphatic carbocycles. The topological polar surface area (TPSA) is 64.9 Å². The molecule has 1 atom stereocenters. The number of para-hydroxylation sites is 1. The van der Waals surface area contributed by atoms with Crippen LogP contribution in [0, 0.1) is 11.3 Å². The number of nitriles is 1. The lowest BCUT2D eigenvalue weighted by Gasteiger charge is -2.15. The van der Waals surface area contributed by atoms with Crippen LogP contribution in [0.1, 0.15) is 24.1 Å². The van der Waals surface area contributed by atoms with Crippen molar-refractivity contribution >= 4 is 11.6 Å². The van der Waals surface area contributed by atoms with E-state index in [0.717, 1.165) is 5.56 Å². The molecule has 2 aromatic carbocycles. The highest BCUT2D eigenvalue weighted by molar-refractivity contribution is 5.81. The number of rotatable bonds is 5. The van der Waals surface area contributed by atoms with Crippen LogP contribution in [-0.4, -0.2) is 12.5 Å². The molecule has 0 fully saturated rings. The summed E-state index contributed by atoms with van der Waals surface area (Å²) >= 11 is 0. The fraction of sp³-hybridized carbons (Fsp3) is 0.176. The Balaban J connectivity index is 1.89. The first kappa shape index (κ1) is 14.6. The van der Waals surface area contributed by atoms with Crippen LogP contribution in [0.15, 0.2) is 54.6 Å². The summed E-state index contributed by atoms with van der Waals surface area (Å²) in [5.41, 5.74) is 2.26. The van der Waals surface area contributed by atoms with E-state index in [0.29, 0.717) is 11.3 Å². The van der Waals surface area contributed by atoms with E-state index < -0.39 is 0 Å². The number of carbonyl (C=O) groups excluding carboxylic acids is 1. The van der Waals surface area contributed by atoms with Gasteiger partial charge in [0, 0.05) is 0 Å². The van der Waals surface area contributed by atoms with Crippen molar-refractivity contribution in [3.8, 4) is 6.07 Å². The van der Waals surface area contributed by atoms with Gasteiger partial charge in [-0.25, -0.2) is 0 Å². The third-order valence-corrected chi connectivity index (χ3v) is 3.16. The Hall–Kier alpha value is -2.80.